The van der Waals surface area contributed by atoms with Crippen molar-refractivity contribution in [3.8, 4) is 5.75 Å². The smallest absolute Gasteiger partial charge is 0.255 e. The van der Waals surface area contributed by atoms with E-state index < -0.39 is 0 Å². The van der Waals surface area contributed by atoms with Crippen LogP contribution in [0, 0.1) is 0 Å². The van der Waals surface area contributed by atoms with Gasteiger partial charge in [-0.1, -0.05) is 0 Å². The van der Waals surface area contributed by atoms with Crippen LogP contribution >= 0.6 is 15.9 Å². The molecule has 1 heterocycles. The molecule has 104 valence electrons. The Kier molecular flexibility index (Phi) is 4.24. The summed E-state index contributed by atoms with van der Waals surface area (Å²) in [4.78, 5) is 23.5. The molecular weight excluding hydrogens is 324 g/mol. The number of halogens is 1. The molecule has 0 radical (unpaired) electrons. The molecule has 2 aromatic rings. The number of rotatable bonds is 3. The van der Waals surface area contributed by atoms with Gasteiger partial charge >= 0.3 is 0 Å². The van der Waals surface area contributed by atoms with E-state index in [1.54, 1.807) is 44.6 Å². The van der Waals surface area contributed by atoms with Crippen LogP contribution in [0.2, 0.25) is 0 Å². The molecule has 0 aliphatic heterocycles. The summed E-state index contributed by atoms with van der Waals surface area (Å²) in [5, 5.41) is 2.72. The fraction of sp³-hybridized carbons (Fsp3) is 0.143. The van der Waals surface area contributed by atoms with Crippen LogP contribution in [0.15, 0.2) is 45.8 Å². The number of hydrogen-bond acceptors (Lipinski definition) is 3. The van der Waals surface area contributed by atoms with Crippen LogP contribution in [-0.2, 0) is 7.05 Å². The van der Waals surface area contributed by atoms with Crippen molar-refractivity contribution >= 4 is 27.5 Å². The zero-order chi connectivity index (χ0) is 14.7. The van der Waals surface area contributed by atoms with Crippen molar-refractivity contribution < 1.29 is 9.53 Å². The number of hydrogen-bond donors (Lipinski definition) is 1. The van der Waals surface area contributed by atoms with Gasteiger partial charge in [0.1, 0.15) is 5.75 Å². The first-order chi connectivity index (χ1) is 9.51. The molecule has 1 N–H and O–H groups in total. The third-order valence-corrected chi connectivity index (χ3v) is 3.43. The Hall–Kier alpha value is -2.08. The number of methoxy groups -OCH3 is 1. The van der Waals surface area contributed by atoms with E-state index in [0.29, 0.717) is 17.0 Å². The Balaban J connectivity index is 2.23. The minimum atomic E-state index is -0.341. The van der Waals surface area contributed by atoms with Gasteiger partial charge in [-0.2, -0.15) is 0 Å². The number of carbonyl (C=O) groups is 1. The molecule has 0 spiro atoms. The Morgan fingerprint density at radius 3 is 2.70 bits per heavy atom. The minimum Gasteiger partial charge on any atom is -0.495 e. The molecule has 0 fully saturated rings. The largest absolute Gasteiger partial charge is 0.495 e. The summed E-state index contributed by atoms with van der Waals surface area (Å²) in [6.07, 6.45) is 1.55. The second-order valence-electron chi connectivity index (χ2n) is 4.17. The lowest BCUT2D eigenvalue weighted by Crippen LogP contribution is -2.19. The topological polar surface area (TPSA) is 60.3 Å². The molecule has 6 heteroatoms. The summed E-state index contributed by atoms with van der Waals surface area (Å²) in [5.41, 5.74) is 0.678. The van der Waals surface area contributed by atoms with E-state index in [-0.39, 0.29) is 11.5 Å². The molecular formula is C14H13BrN2O3. The summed E-state index contributed by atoms with van der Waals surface area (Å²) in [6, 6.07) is 8.10. The Morgan fingerprint density at radius 2 is 2.05 bits per heavy atom. The summed E-state index contributed by atoms with van der Waals surface area (Å²) >= 11 is 3.34. The van der Waals surface area contributed by atoms with Crippen molar-refractivity contribution in [1.82, 2.24) is 4.57 Å². The second-order valence-corrected chi connectivity index (χ2v) is 5.02. The highest BCUT2D eigenvalue weighted by molar-refractivity contribution is 9.10. The molecule has 5 nitrogen and oxygen atoms in total. The Bertz CT molecular complexity index is 710. The molecule has 0 unspecified atom stereocenters. The van der Waals surface area contributed by atoms with Gasteiger partial charge in [-0.3, -0.25) is 9.59 Å². The first-order valence-electron chi connectivity index (χ1n) is 5.83. The normalized spacial score (nSPS) is 10.2. The Morgan fingerprint density at radius 1 is 1.30 bits per heavy atom. The van der Waals surface area contributed by atoms with Gasteiger partial charge < -0.3 is 14.6 Å². The van der Waals surface area contributed by atoms with Crippen molar-refractivity contribution in [2.45, 2.75) is 0 Å². The lowest BCUT2D eigenvalue weighted by atomic mass is 10.2. The number of aromatic nitrogens is 1. The van der Waals surface area contributed by atoms with Gasteiger partial charge in [-0.05, 0) is 34.1 Å². The molecule has 1 aromatic carbocycles. The third kappa shape index (κ3) is 3.08. The maximum Gasteiger partial charge on any atom is 0.255 e. The van der Waals surface area contributed by atoms with Gasteiger partial charge in [-0.25, -0.2) is 0 Å². The number of nitrogens with one attached hydrogen (secondary N) is 1. The van der Waals surface area contributed by atoms with Crippen LogP contribution in [0.4, 0.5) is 5.69 Å². The number of pyridine rings is 1. The second kappa shape index (κ2) is 5.92. The molecule has 1 amide bonds. The average molecular weight is 337 g/mol. The highest BCUT2D eigenvalue weighted by atomic mass is 79.9. The average Bonchev–Trinajstić information content (AvgIpc) is 2.43. The van der Waals surface area contributed by atoms with Gasteiger partial charge in [0.2, 0.25) is 0 Å². The number of ether oxygens (including phenoxy) is 1. The van der Waals surface area contributed by atoms with Gasteiger partial charge in [0.15, 0.2) is 0 Å². The molecule has 0 saturated heterocycles. The van der Waals surface area contributed by atoms with Crippen molar-refractivity contribution in [1.29, 1.82) is 0 Å². The number of carbonyl (C=O) groups excluding carboxylic acids is 1. The molecule has 20 heavy (non-hydrogen) atoms. The number of benzene rings is 1. The first kappa shape index (κ1) is 14.3. The van der Waals surface area contributed by atoms with Crippen molar-refractivity contribution in [2.24, 2.45) is 7.05 Å². The lowest BCUT2D eigenvalue weighted by molar-refractivity contribution is 0.102. The van der Waals surface area contributed by atoms with Crippen LogP contribution < -0.4 is 15.6 Å². The van der Waals surface area contributed by atoms with E-state index in [0.717, 1.165) is 4.47 Å². The fourth-order valence-corrected chi connectivity index (χ4v) is 2.04. The highest BCUT2D eigenvalue weighted by Crippen LogP contribution is 2.27. The monoisotopic (exact) mass is 336 g/mol. The molecule has 0 saturated carbocycles. The van der Waals surface area contributed by atoms with Crippen LogP contribution in [0.3, 0.4) is 0 Å². The molecule has 0 atom stereocenters. The predicted octanol–water partition coefficient (Wildman–Crippen LogP) is 2.41. The van der Waals surface area contributed by atoms with Gasteiger partial charge in [0.05, 0.1) is 11.6 Å². The van der Waals surface area contributed by atoms with E-state index in [1.165, 1.54) is 10.6 Å². The van der Waals surface area contributed by atoms with Crippen molar-refractivity contribution in [2.75, 3.05) is 12.4 Å². The van der Waals surface area contributed by atoms with Crippen LogP contribution in [0.5, 0.6) is 5.75 Å². The fourth-order valence-electron chi connectivity index (χ4n) is 1.63. The van der Waals surface area contributed by atoms with Crippen molar-refractivity contribution in [3.05, 3.63) is 56.9 Å². The molecule has 0 aliphatic carbocycles. The minimum absolute atomic E-state index is 0.231. The van der Waals surface area contributed by atoms with E-state index >= 15 is 0 Å². The maximum atomic E-state index is 12.1. The number of nitrogens with zero attached hydrogens (tertiary/aromatic N) is 1. The Labute approximate surface area is 124 Å². The van der Waals surface area contributed by atoms with E-state index in [1.807, 2.05) is 0 Å². The van der Waals surface area contributed by atoms with Crippen LogP contribution in [0.25, 0.3) is 0 Å². The maximum absolute atomic E-state index is 12.1. The number of aryl methyl sites for hydroxylation is 1. The molecule has 2 rings (SSSR count). The standard InChI is InChI=1S/C14H13BrN2O3/c1-17-6-5-9(7-13(17)18)14(19)16-10-3-4-11(15)12(8-10)20-2/h3-8H,1-2H3,(H,16,19). The highest BCUT2D eigenvalue weighted by Gasteiger charge is 2.09. The first-order valence-corrected chi connectivity index (χ1v) is 6.62. The predicted molar refractivity (Wildman–Crippen MR) is 80.3 cm³/mol. The van der Waals surface area contributed by atoms with Gasteiger partial charge in [0.25, 0.3) is 11.5 Å². The third-order valence-electron chi connectivity index (χ3n) is 2.78. The number of amides is 1. The lowest BCUT2D eigenvalue weighted by Gasteiger charge is -2.08. The van der Waals surface area contributed by atoms with Crippen LogP contribution in [0.1, 0.15) is 10.4 Å². The van der Waals surface area contributed by atoms with Gasteiger partial charge in [0, 0.05) is 36.6 Å². The molecule has 0 bridgehead atoms. The van der Waals surface area contributed by atoms with E-state index in [2.05, 4.69) is 21.2 Å². The zero-order valence-electron chi connectivity index (χ0n) is 11.0. The molecule has 0 aliphatic rings. The van der Waals surface area contributed by atoms with Gasteiger partial charge in [-0.15, -0.1) is 0 Å². The van der Waals surface area contributed by atoms with E-state index in [4.69, 9.17) is 4.74 Å². The quantitative estimate of drug-likeness (QED) is 0.936. The van der Waals surface area contributed by atoms with Crippen LogP contribution in [-0.4, -0.2) is 17.6 Å². The molecule has 1 aromatic heterocycles. The van der Waals surface area contributed by atoms with E-state index in [9.17, 15) is 9.59 Å². The SMILES string of the molecule is COc1cc(NC(=O)c2ccn(C)c(=O)c2)ccc1Br. The summed E-state index contributed by atoms with van der Waals surface area (Å²) in [5.74, 6) is 0.277. The summed E-state index contributed by atoms with van der Waals surface area (Å²) < 4.78 is 7.36. The van der Waals surface area contributed by atoms with Crippen molar-refractivity contribution in [3.63, 3.8) is 0 Å². The summed E-state index contributed by atoms with van der Waals surface area (Å²) in [7, 11) is 3.18. The summed E-state index contributed by atoms with van der Waals surface area (Å²) in [6.45, 7) is 0. The number of anilines is 1. The zero-order valence-corrected chi connectivity index (χ0v) is 12.6.